The largest absolute Gasteiger partial charge is 0.497 e. The van der Waals surface area contributed by atoms with E-state index in [1.165, 1.54) is 11.3 Å². The number of anilines is 2. The molecular weight excluding hydrogens is 374 g/mol. The lowest BCUT2D eigenvalue weighted by atomic mass is 10.1. The van der Waals surface area contributed by atoms with Gasteiger partial charge in [-0.15, -0.1) is 0 Å². The smallest absolute Gasteiger partial charge is 0.255 e. The molecule has 0 bridgehead atoms. The fourth-order valence-corrected chi connectivity index (χ4v) is 3.84. The summed E-state index contributed by atoms with van der Waals surface area (Å²) in [5.74, 6) is 0.616. The van der Waals surface area contributed by atoms with Crippen molar-refractivity contribution in [2.45, 2.75) is 6.54 Å². The van der Waals surface area contributed by atoms with E-state index < -0.39 is 0 Å². The van der Waals surface area contributed by atoms with Gasteiger partial charge in [0.15, 0.2) is 0 Å². The van der Waals surface area contributed by atoms with Crippen molar-refractivity contribution in [3.05, 3.63) is 90.0 Å². The first-order valence-corrected chi connectivity index (χ1v) is 10.4. The van der Waals surface area contributed by atoms with Crippen LogP contribution >= 0.6 is 0 Å². The molecule has 0 spiro atoms. The highest BCUT2D eigenvalue weighted by molar-refractivity contribution is 6.04. The van der Waals surface area contributed by atoms with Crippen LogP contribution in [0.4, 0.5) is 11.4 Å². The van der Waals surface area contributed by atoms with Crippen LogP contribution in [0.3, 0.4) is 0 Å². The molecule has 30 heavy (non-hydrogen) atoms. The van der Waals surface area contributed by atoms with Crippen molar-refractivity contribution in [2.24, 2.45) is 0 Å². The summed E-state index contributed by atoms with van der Waals surface area (Å²) in [6.07, 6.45) is 0. The van der Waals surface area contributed by atoms with E-state index in [2.05, 4.69) is 52.7 Å². The van der Waals surface area contributed by atoms with Gasteiger partial charge in [-0.25, -0.2) is 0 Å². The molecule has 0 unspecified atom stereocenters. The molecular formula is C25H28N3O2+. The summed E-state index contributed by atoms with van der Waals surface area (Å²) in [6, 6.07) is 25.9. The summed E-state index contributed by atoms with van der Waals surface area (Å²) >= 11 is 0. The van der Waals surface area contributed by atoms with E-state index in [0.29, 0.717) is 5.56 Å². The van der Waals surface area contributed by atoms with Gasteiger partial charge in [0.1, 0.15) is 12.3 Å². The Morgan fingerprint density at radius 1 is 0.933 bits per heavy atom. The Labute approximate surface area is 177 Å². The Hall–Kier alpha value is -3.31. The number of quaternary nitrogens is 1. The molecule has 5 heteroatoms. The number of nitrogens with zero attached hydrogens (tertiary/aromatic N) is 1. The first-order valence-electron chi connectivity index (χ1n) is 10.4. The molecule has 154 valence electrons. The number of piperazine rings is 1. The zero-order chi connectivity index (χ0) is 20.8. The van der Waals surface area contributed by atoms with E-state index in [9.17, 15) is 4.79 Å². The number of hydrogen-bond donors (Lipinski definition) is 2. The molecule has 1 aliphatic rings. The van der Waals surface area contributed by atoms with E-state index in [-0.39, 0.29) is 5.91 Å². The van der Waals surface area contributed by atoms with Crippen LogP contribution in [-0.2, 0) is 6.54 Å². The van der Waals surface area contributed by atoms with Crippen molar-refractivity contribution in [1.82, 2.24) is 0 Å². The number of nitrogens with one attached hydrogen (secondary N) is 2. The molecule has 0 aromatic heterocycles. The van der Waals surface area contributed by atoms with Gasteiger partial charge in [0.25, 0.3) is 5.91 Å². The molecule has 0 atom stereocenters. The Morgan fingerprint density at radius 3 is 2.23 bits per heavy atom. The maximum absolute atomic E-state index is 12.4. The second-order valence-corrected chi connectivity index (χ2v) is 7.63. The molecule has 1 heterocycles. The highest BCUT2D eigenvalue weighted by atomic mass is 16.5. The highest BCUT2D eigenvalue weighted by Crippen LogP contribution is 2.19. The molecule has 4 rings (SSSR count). The molecule has 1 saturated heterocycles. The highest BCUT2D eigenvalue weighted by Gasteiger charge is 2.20. The van der Waals surface area contributed by atoms with Crippen LogP contribution in [0.5, 0.6) is 5.75 Å². The number of amides is 1. The number of methoxy groups -OCH3 is 1. The standard InChI is InChI=1S/C25H27N3O2/c1-30-24-13-7-21(8-14-24)25(29)26-22-9-11-23(12-10-22)28-17-15-27(16-18-28)19-20-5-3-2-4-6-20/h2-14H,15-19H2,1H3,(H,26,29)/p+1. The molecule has 5 nitrogen and oxygen atoms in total. The van der Waals surface area contributed by atoms with Crippen molar-refractivity contribution >= 4 is 17.3 Å². The Bertz CT molecular complexity index is 948. The Balaban J connectivity index is 1.30. The summed E-state index contributed by atoms with van der Waals surface area (Å²) in [5, 5.41) is 2.96. The van der Waals surface area contributed by atoms with Crippen LogP contribution in [0.25, 0.3) is 0 Å². The minimum absolute atomic E-state index is 0.122. The van der Waals surface area contributed by atoms with E-state index in [1.807, 2.05) is 12.1 Å². The molecule has 1 amide bonds. The summed E-state index contributed by atoms with van der Waals surface area (Å²) < 4.78 is 5.14. The number of carbonyl (C=O) groups is 1. The van der Waals surface area contributed by atoms with Crippen molar-refractivity contribution in [2.75, 3.05) is 43.5 Å². The lowest BCUT2D eigenvalue weighted by Crippen LogP contribution is -3.13. The number of benzene rings is 3. The molecule has 3 aromatic rings. The second-order valence-electron chi connectivity index (χ2n) is 7.63. The monoisotopic (exact) mass is 402 g/mol. The van der Waals surface area contributed by atoms with Gasteiger partial charge in [-0.3, -0.25) is 4.79 Å². The van der Waals surface area contributed by atoms with Gasteiger partial charge in [0.05, 0.1) is 33.3 Å². The molecule has 2 N–H and O–H groups in total. The van der Waals surface area contributed by atoms with Crippen LogP contribution < -0.4 is 19.9 Å². The maximum atomic E-state index is 12.4. The molecule has 3 aromatic carbocycles. The van der Waals surface area contributed by atoms with Gasteiger partial charge in [-0.1, -0.05) is 30.3 Å². The first kappa shape index (κ1) is 20.0. The van der Waals surface area contributed by atoms with E-state index in [1.54, 1.807) is 36.3 Å². The van der Waals surface area contributed by atoms with Crippen LogP contribution in [0, 0.1) is 0 Å². The predicted molar refractivity (Wildman–Crippen MR) is 120 cm³/mol. The van der Waals surface area contributed by atoms with Crippen LogP contribution in [0.1, 0.15) is 15.9 Å². The fraction of sp³-hybridized carbons (Fsp3) is 0.240. The van der Waals surface area contributed by atoms with Crippen molar-refractivity contribution in [3.63, 3.8) is 0 Å². The molecule has 1 aliphatic heterocycles. The van der Waals surface area contributed by atoms with Crippen molar-refractivity contribution < 1.29 is 14.4 Å². The zero-order valence-corrected chi connectivity index (χ0v) is 17.3. The number of rotatable bonds is 6. The van der Waals surface area contributed by atoms with E-state index >= 15 is 0 Å². The summed E-state index contributed by atoms with van der Waals surface area (Å²) in [7, 11) is 1.61. The lowest BCUT2D eigenvalue weighted by Gasteiger charge is -2.33. The van der Waals surface area contributed by atoms with Crippen molar-refractivity contribution in [3.8, 4) is 5.75 Å². The topological polar surface area (TPSA) is 46.0 Å². The number of hydrogen-bond acceptors (Lipinski definition) is 3. The quantitative estimate of drug-likeness (QED) is 0.667. The third kappa shape index (κ3) is 4.99. The normalized spacial score (nSPS) is 14.4. The van der Waals surface area contributed by atoms with Gasteiger partial charge >= 0.3 is 0 Å². The average molecular weight is 403 g/mol. The van der Waals surface area contributed by atoms with E-state index in [0.717, 1.165) is 44.2 Å². The minimum atomic E-state index is -0.122. The Morgan fingerprint density at radius 2 is 1.60 bits per heavy atom. The van der Waals surface area contributed by atoms with Gasteiger partial charge in [0.2, 0.25) is 0 Å². The van der Waals surface area contributed by atoms with Crippen LogP contribution in [0.2, 0.25) is 0 Å². The van der Waals surface area contributed by atoms with Gasteiger partial charge in [-0.05, 0) is 48.5 Å². The van der Waals surface area contributed by atoms with Crippen molar-refractivity contribution in [1.29, 1.82) is 0 Å². The summed E-state index contributed by atoms with van der Waals surface area (Å²) in [6.45, 7) is 5.43. The van der Waals surface area contributed by atoms with Gasteiger partial charge in [-0.2, -0.15) is 0 Å². The first-order chi connectivity index (χ1) is 14.7. The molecule has 0 aliphatic carbocycles. The summed E-state index contributed by atoms with van der Waals surface area (Å²) in [4.78, 5) is 16.5. The fourth-order valence-electron chi connectivity index (χ4n) is 3.84. The third-order valence-corrected chi connectivity index (χ3v) is 5.61. The molecule has 0 radical (unpaired) electrons. The second kappa shape index (κ2) is 9.46. The lowest BCUT2D eigenvalue weighted by molar-refractivity contribution is -0.914. The van der Waals surface area contributed by atoms with Gasteiger partial charge < -0.3 is 19.9 Å². The number of ether oxygens (including phenoxy) is 1. The minimum Gasteiger partial charge on any atom is -0.497 e. The molecule has 0 saturated carbocycles. The SMILES string of the molecule is COc1ccc(C(=O)Nc2ccc(N3CC[NH+](Cc4ccccc4)CC3)cc2)cc1. The van der Waals surface area contributed by atoms with Gasteiger partial charge in [0, 0.05) is 22.5 Å². The Kier molecular flexibility index (Phi) is 6.30. The van der Waals surface area contributed by atoms with Crippen LogP contribution in [0.15, 0.2) is 78.9 Å². The third-order valence-electron chi connectivity index (χ3n) is 5.61. The molecule has 1 fully saturated rings. The predicted octanol–water partition coefficient (Wildman–Crippen LogP) is 2.85. The average Bonchev–Trinajstić information content (AvgIpc) is 2.81. The zero-order valence-electron chi connectivity index (χ0n) is 17.3. The summed E-state index contributed by atoms with van der Waals surface area (Å²) in [5.41, 5.74) is 4.01. The van der Waals surface area contributed by atoms with Crippen LogP contribution in [-0.4, -0.2) is 39.2 Å². The van der Waals surface area contributed by atoms with E-state index in [4.69, 9.17) is 4.74 Å². The maximum Gasteiger partial charge on any atom is 0.255 e. The number of carbonyl (C=O) groups excluding carboxylic acids is 1.